The minimum absolute atomic E-state index is 0.0251. The van der Waals surface area contributed by atoms with Crippen LogP contribution in [0, 0.1) is 5.92 Å². The van der Waals surface area contributed by atoms with Gasteiger partial charge >= 0.3 is 0 Å². The number of benzene rings is 1. The monoisotopic (exact) mass is 294 g/mol. The molecule has 1 aliphatic rings. The molecule has 0 aromatic heterocycles. The number of piperidine rings is 1. The lowest BCUT2D eigenvalue weighted by molar-refractivity contribution is -0.125. The van der Waals surface area contributed by atoms with E-state index in [-0.39, 0.29) is 18.0 Å². The molecule has 0 saturated carbocycles. The van der Waals surface area contributed by atoms with Gasteiger partial charge in [-0.05, 0) is 49.4 Å². The Morgan fingerprint density at radius 3 is 3.00 bits per heavy atom. The summed E-state index contributed by atoms with van der Waals surface area (Å²) >= 11 is 6.03. The summed E-state index contributed by atoms with van der Waals surface area (Å²) in [7, 11) is 0. The van der Waals surface area contributed by atoms with E-state index in [0.717, 1.165) is 31.4 Å². The van der Waals surface area contributed by atoms with E-state index in [1.54, 1.807) is 0 Å². The van der Waals surface area contributed by atoms with Gasteiger partial charge in [0.25, 0.3) is 0 Å². The van der Waals surface area contributed by atoms with Crippen molar-refractivity contribution in [2.24, 2.45) is 5.92 Å². The Bertz CT molecular complexity index is 464. The predicted molar refractivity (Wildman–Crippen MR) is 82.8 cm³/mol. The molecule has 2 rings (SSSR count). The van der Waals surface area contributed by atoms with Crippen LogP contribution in [0.2, 0.25) is 5.02 Å². The highest BCUT2D eigenvalue weighted by Crippen LogP contribution is 2.22. The molecule has 110 valence electrons. The second kappa shape index (κ2) is 7.09. The fourth-order valence-electron chi connectivity index (χ4n) is 2.81. The molecule has 1 heterocycles. The minimum Gasteiger partial charge on any atom is -0.348 e. The van der Waals surface area contributed by atoms with Crippen LogP contribution in [0.5, 0.6) is 0 Å². The number of hydrogen-bond acceptors (Lipinski definition) is 2. The van der Waals surface area contributed by atoms with E-state index < -0.39 is 0 Å². The van der Waals surface area contributed by atoms with Crippen LogP contribution >= 0.6 is 11.6 Å². The third kappa shape index (κ3) is 3.74. The summed E-state index contributed by atoms with van der Waals surface area (Å²) in [4.78, 5) is 12.4. The second-order valence-electron chi connectivity index (χ2n) is 5.58. The molecule has 3 unspecified atom stereocenters. The molecule has 0 aliphatic carbocycles. The molecule has 4 heteroatoms. The zero-order valence-corrected chi connectivity index (χ0v) is 12.9. The van der Waals surface area contributed by atoms with Gasteiger partial charge in [-0.3, -0.25) is 4.79 Å². The molecular weight excluding hydrogens is 272 g/mol. The van der Waals surface area contributed by atoms with E-state index in [2.05, 4.69) is 24.5 Å². The molecule has 1 aromatic carbocycles. The van der Waals surface area contributed by atoms with Crippen molar-refractivity contribution >= 4 is 17.5 Å². The molecule has 0 radical (unpaired) electrons. The Morgan fingerprint density at radius 2 is 2.35 bits per heavy atom. The van der Waals surface area contributed by atoms with Crippen molar-refractivity contribution in [2.75, 3.05) is 6.54 Å². The van der Waals surface area contributed by atoms with Crippen LogP contribution in [0.25, 0.3) is 0 Å². The highest BCUT2D eigenvalue weighted by Gasteiger charge is 2.28. The van der Waals surface area contributed by atoms with Crippen LogP contribution in [0.1, 0.15) is 44.7 Å². The lowest BCUT2D eigenvalue weighted by Crippen LogP contribution is -2.51. The van der Waals surface area contributed by atoms with Crippen LogP contribution in [0.3, 0.4) is 0 Å². The van der Waals surface area contributed by atoms with Crippen molar-refractivity contribution in [3.05, 3.63) is 34.9 Å². The molecule has 2 N–H and O–H groups in total. The number of carbonyl (C=O) groups excluding carboxylic acids is 1. The van der Waals surface area contributed by atoms with Crippen molar-refractivity contribution < 1.29 is 4.79 Å². The van der Waals surface area contributed by atoms with Crippen LogP contribution in [-0.4, -0.2) is 18.5 Å². The van der Waals surface area contributed by atoms with Gasteiger partial charge in [0.2, 0.25) is 5.91 Å². The molecule has 0 bridgehead atoms. The van der Waals surface area contributed by atoms with Crippen molar-refractivity contribution in [1.29, 1.82) is 0 Å². The smallest absolute Gasteiger partial charge is 0.237 e. The number of halogens is 1. The van der Waals surface area contributed by atoms with E-state index in [1.807, 2.05) is 24.3 Å². The first-order chi connectivity index (χ1) is 9.61. The van der Waals surface area contributed by atoms with Gasteiger partial charge in [0.05, 0.1) is 12.1 Å². The first-order valence-corrected chi connectivity index (χ1v) is 7.78. The Hall–Kier alpha value is -1.06. The molecule has 3 atom stereocenters. The summed E-state index contributed by atoms with van der Waals surface area (Å²) < 4.78 is 0. The van der Waals surface area contributed by atoms with Crippen LogP contribution in [0.15, 0.2) is 24.3 Å². The maximum atomic E-state index is 12.4. The molecule has 20 heavy (non-hydrogen) atoms. The van der Waals surface area contributed by atoms with Gasteiger partial charge in [0.1, 0.15) is 0 Å². The molecular formula is C16H23ClN2O. The molecule has 1 amide bonds. The number of rotatable bonds is 4. The molecule has 1 saturated heterocycles. The van der Waals surface area contributed by atoms with Crippen molar-refractivity contribution in [3.63, 3.8) is 0 Å². The number of carbonyl (C=O) groups is 1. The van der Waals surface area contributed by atoms with E-state index in [0.29, 0.717) is 10.9 Å². The number of nitrogens with one attached hydrogen (secondary N) is 2. The average Bonchev–Trinajstić information content (AvgIpc) is 2.45. The lowest BCUT2D eigenvalue weighted by atomic mass is 9.91. The van der Waals surface area contributed by atoms with Gasteiger partial charge in [0, 0.05) is 5.02 Å². The number of amides is 1. The SMILES string of the molecule is CCC(NC(=O)C1NCCCC1C)c1cccc(Cl)c1. The molecule has 1 aromatic rings. The molecule has 3 nitrogen and oxygen atoms in total. The summed E-state index contributed by atoms with van der Waals surface area (Å²) in [5.41, 5.74) is 1.07. The Kier molecular flexibility index (Phi) is 5.44. The molecule has 1 fully saturated rings. The fourth-order valence-corrected chi connectivity index (χ4v) is 3.01. The highest BCUT2D eigenvalue weighted by molar-refractivity contribution is 6.30. The summed E-state index contributed by atoms with van der Waals surface area (Å²) in [6.45, 7) is 5.14. The summed E-state index contributed by atoms with van der Waals surface area (Å²) in [6.07, 6.45) is 3.11. The van der Waals surface area contributed by atoms with Crippen molar-refractivity contribution in [3.8, 4) is 0 Å². The zero-order chi connectivity index (χ0) is 14.5. The van der Waals surface area contributed by atoms with Crippen molar-refractivity contribution in [2.45, 2.75) is 45.2 Å². The zero-order valence-electron chi connectivity index (χ0n) is 12.2. The second-order valence-corrected chi connectivity index (χ2v) is 6.01. The Morgan fingerprint density at radius 1 is 1.55 bits per heavy atom. The summed E-state index contributed by atoms with van der Waals surface area (Å²) in [5, 5.41) is 7.18. The Labute approximate surface area is 126 Å². The number of hydrogen-bond donors (Lipinski definition) is 2. The van der Waals surface area contributed by atoms with Gasteiger partial charge in [-0.15, -0.1) is 0 Å². The van der Waals surface area contributed by atoms with E-state index in [1.165, 1.54) is 0 Å². The first-order valence-electron chi connectivity index (χ1n) is 7.41. The quantitative estimate of drug-likeness (QED) is 0.894. The Balaban J connectivity index is 2.04. The van der Waals surface area contributed by atoms with Crippen LogP contribution in [0.4, 0.5) is 0 Å². The van der Waals surface area contributed by atoms with Gasteiger partial charge in [-0.1, -0.05) is 37.6 Å². The third-order valence-corrected chi connectivity index (χ3v) is 4.26. The summed E-state index contributed by atoms with van der Waals surface area (Å²) in [5.74, 6) is 0.490. The lowest BCUT2D eigenvalue weighted by Gasteiger charge is -2.30. The van der Waals surface area contributed by atoms with E-state index >= 15 is 0 Å². The topological polar surface area (TPSA) is 41.1 Å². The van der Waals surface area contributed by atoms with E-state index in [9.17, 15) is 4.79 Å². The maximum Gasteiger partial charge on any atom is 0.237 e. The molecule has 0 spiro atoms. The van der Waals surface area contributed by atoms with Gasteiger partial charge in [0.15, 0.2) is 0 Å². The standard InChI is InChI=1S/C16H23ClN2O/c1-3-14(12-7-4-8-13(17)10-12)19-16(20)15-11(2)6-5-9-18-15/h4,7-8,10-11,14-15,18H,3,5-6,9H2,1-2H3,(H,19,20). The van der Waals surface area contributed by atoms with Gasteiger partial charge in [-0.25, -0.2) is 0 Å². The largest absolute Gasteiger partial charge is 0.348 e. The van der Waals surface area contributed by atoms with Crippen LogP contribution < -0.4 is 10.6 Å². The van der Waals surface area contributed by atoms with Crippen LogP contribution in [-0.2, 0) is 4.79 Å². The highest BCUT2D eigenvalue weighted by atomic mass is 35.5. The third-order valence-electron chi connectivity index (χ3n) is 4.03. The maximum absolute atomic E-state index is 12.4. The molecule has 1 aliphatic heterocycles. The van der Waals surface area contributed by atoms with Crippen molar-refractivity contribution in [1.82, 2.24) is 10.6 Å². The average molecular weight is 295 g/mol. The van der Waals surface area contributed by atoms with E-state index in [4.69, 9.17) is 11.6 Å². The van der Waals surface area contributed by atoms with Gasteiger partial charge < -0.3 is 10.6 Å². The normalized spacial score (nSPS) is 24.1. The summed E-state index contributed by atoms with van der Waals surface area (Å²) in [6, 6.07) is 7.67. The van der Waals surface area contributed by atoms with Gasteiger partial charge in [-0.2, -0.15) is 0 Å². The minimum atomic E-state index is -0.0722. The first kappa shape index (κ1) is 15.3. The fraction of sp³-hybridized carbons (Fsp3) is 0.562. The predicted octanol–water partition coefficient (Wildman–Crippen LogP) is 3.30.